The van der Waals surface area contributed by atoms with Crippen LogP contribution < -0.4 is 10.2 Å². The van der Waals surface area contributed by atoms with E-state index in [1.165, 1.54) is 28.6 Å². The number of rotatable bonds is 4. The van der Waals surface area contributed by atoms with Crippen LogP contribution in [0.3, 0.4) is 0 Å². The van der Waals surface area contributed by atoms with E-state index in [1.807, 2.05) is 24.3 Å². The minimum atomic E-state index is -3.81. The monoisotopic (exact) mass is 463 g/mol. The summed E-state index contributed by atoms with van der Waals surface area (Å²) < 4.78 is 50.8. The van der Waals surface area contributed by atoms with Gasteiger partial charge in [-0.05, 0) is 49.1 Å². The molecule has 0 atom stereocenters. The van der Waals surface area contributed by atoms with E-state index >= 15 is 0 Å². The minimum absolute atomic E-state index is 0.0263. The summed E-state index contributed by atoms with van der Waals surface area (Å²) in [7, 11) is -7.31. The van der Waals surface area contributed by atoms with Crippen molar-refractivity contribution in [3.05, 3.63) is 54.1 Å². The molecule has 0 spiro atoms. The maximum atomic E-state index is 13.0. The molecule has 2 aliphatic rings. The van der Waals surface area contributed by atoms with Crippen LogP contribution in [0.2, 0.25) is 0 Å². The number of amides is 2. The molecule has 2 amide bonds. The van der Waals surface area contributed by atoms with Crippen LogP contribution in [0, 0.1) is 0 Å². The van der Waals surface area contributed by atoms with Gasteiger partial charge in [0.15, 0.2) is 9.84 Å². The minimum Gasteiger partial charge on any atom is -0.335 e. The molecule has 10 heteroatoms. The Morgan fingerprint density at radius 2 is 1.61 bits per heavy atom. The number of anilines is 1. The first-order chi connectivity index (χ1) is 14.7. The van der Waals surface area contributed by atoms with Crippen LogP contribution in [0.1, 0.15) is 18.4 Å². The predicted octanol–water partition coefficient (Wildman–Crippen LogP) is 2.02. The van der Waals surface area contributed by atoms with Crippen molar-refractivity contribution < 1.29 is 21.6 Å². The Kier molecular flexibility index (Phi) is 5.80. The molecular formula is C21H25N3O5S2. The summed E-state index contributed by atoms with van der Waals surface area (Å²) in [4.78, 5) is 14.4. The van der Waals surface area contributed by atoms with Gasteiger partial charge in [-0.1, -0.05) is 24.3 Å². The second-order valence-corrected chi connectivity index (χ2v) is 11.9. The Morgan fingerprint density at radius 1 is 0.935 bits per heavy atom. The molecule has 2 aromatic carbocycles. The highest BCUT2D eigenvalue weighted by molar-refractivity contribution is 7.91. The summed E-state index contributed by atoms with van der Waals surface area (Å²) in [5, 5.41) is 3.03. The van der Waals surface area contributed by atoms with Gasteiger partial charge in [-0.25, -0.2) is 21.6 Å². The molecule has 0 aliphatic carbocycles. The van der Waals surface area contributed by atoms with Crippen molar-refractivity contribution in [2.45, 2.75) is 35.1 Å². The molecular weight excluding hydrogens is 438 g/mol. The smallest absolute Gasteiger partial charge is 0.322 e. The Balaban J connectivity index is 1.39. The Morgan fingerprint density at radius 3 is 2.32 bits per heavy atom. The van der Waals surface area contributed by atoms with Crippen molar-refractivity contribution in [2.75, 3.05) is 30.8 Å². The molecule has 0 aromatic heterocycles. The van der Waals surface area contributed by atoms with Gasteiger partial charge in [0.1, 0.15) is 0 Å². The van der Waals surface area contributed by atoms with Gasteiger partial charge in [0.05, 0.1) is 9.79 Å². The van der Waals surface area contributed by atoms with E-state index in [1.54, 1.807) is 4.90 Å². The van der Waals surface area contributed by atoms with E-state index in [-0.39, 0.29) is 35.0 Å². The molecule has 2 aliphatic heterocycles. The topological polar surface area (TPSA) is 104 Å². The summed E-state index contributed by atoms with van der Waals surface area (Å²) in [6.45, 7) is 1.15. The number of sulfonamides is 1. The second-order valence-electron chi connectivity index (χ2n) is 7.91. The highest BCUT2D eigenvalue weighted by atomic mass is 32.2. The second kappa shape index (κ2) is 8.25. The number of nitrogens with zero attached hydrogens (tertiary/aromatic N) is 2. The molecule has 166 valence electrons. The standard InChI is InChI=1S/C21H25N3O5S2/c1-30(26,27)18-6-4-7-19(15-18)31(28,29)23-12-10-17(11-13-23)22-21(25)24-14-9-16-5-2-3-8-20(16)24/h2-8,15,17H,9-14H2,1H3,(H,22,25). The highest BCUT2D eigenvalue weighted by Crippen LogP contribution is 2.28. The SMILES string of the molecule is CS(=O)(=O)c1cccc(S(=O)(=O)N2CCC(NC(=O)N3CCc4ccccc43)CC2)c1. The fourth-order valence-electron chi connectivity index (χ4n) is 4.06. The van der Waals surface area contributed by atoms with Crippen molar-refractivity contribution in [1.29, 1.82) is 0 Å². The lowest BCUT2D eigenvalue weighted by molar-refractivity contribution is 0.233. The third-order valence-corrected chi connectivity index (χ3v) is 8.79. The molecule has 1 N–H and O–H groups in total. The van der Waals surface area contributed by atoms with Gasteiger partial charge in [-0.15, -0.1) is 0 Å². The number of carbonyl (C=O) groups excluding carboxylic acids is 1. The molecule has 8 nitrogen and oxygen atoms in total. The number of carbonyl (C=O) groups is 1. The normalized spacial score (nSPS) is 18.0. The third-order valence-electron chi connectivity index (χ3n) is 5.79. The fraction of sp³-hybridized carbons (Fsp3) is 0.381. The van der Waals surface area contributed by atoms with Crippen molar-refractivity contribution in [3.63, 3.8) is 0 Å². The lowest BCUT2D eigenvalue weighted by Gasteiger charge is -2.32. The molecule has 2 aromatic rings. The first kappa shape index (κ1) is 21.8. The number of fused-ring (bicyclic) bond motifs is 1. The van der Waals surface area contributed by atoms with Gasteiger partial charge in [0.25, 0.3) is 0 Å². The Bertz CT molecular complexity index is 1200. The zero-order valence-electron chi connectivity index (χ0n) is 17.2. The maximum Gasteiger partial charge on any atom is 0.322 e. The van der Waals surface area contributed by atoms with E-state index in [9.17, 15) is 21.6 Å². The molecule has 2 heterocycles. The molecule has 31 heavy (non-hydrogen) atoms. The van der Waals surface area contributed by atoms with Gasteiger partial charge in [-0.3, -0.25) is 4.90 Å². The predicted molar refractivity (Wildman–Crippen MR) is 117 cm³/mol. The van der Waals surface area contributed by atoms with Crippen LogP contribution in [0.15, 0.2) is 58.3 Å². The number of hydrogen-bond acceptors (Lipinski definition) is 5. The van der Waals surface area contributed by atoms with E-state index in [0.29, 0.717) is 19.4 Å². The van der Waals surface area contributed by atoms with Crippen molar-refractivity contribution in [2.24, 2.45) is 0 Å². The first-order valence-corrected chi connectivity index (χ1v) is 13.5. The van der Waals surface area contributed by atoms with Crippen molar-refractivity contribution in [3.8, 4) is 0 Å². The summed E-state index contributed by atoms with van der Waals surface area (Å²) in [5.74, 6) is 0. The molecule has 0 saturated carbocycles. The van der Waals surface area contributed by atoms with Gasteiger partial charge in [0.2, 0.25) is 10.0 Å². The number of piperidine rings is 1. The van der Waals surface area contributed by atoms with Crippen LogP contribution in [0.5, 0.6) is 0 Å². The van der Waals surface area contributed by atoms with Crippen LogP contribution in [-0.4, -0.2) is 59.1 Å². The zero-order chi connectivity index (χ0) is 22.2. The molecule has 0 unspecified atom stereocenters. The lowest BCUT2D eigenvalue weighted by Crippen LogP contribution is -2.50. The van der Waals surface area contributed by atoms with Crippen LogP contribution in [-0.2, 0) is 26.3 Å². The number of benzene rings is 2. The van der Waals surface area contributed by atoms with E-state index in [4.69, 9.17) is 0 Å². The van der Waals surface area contributed by atoms with E-state index in [2.05, 4.69) is 5.32 Å². The molecule has 0 bridgehead atoms. The van der Waals surface area contributed by atoms with Gasteiger partial charge in [0, 0.05) is 37.6 Å². The average molecular weight is 464 g/mol. The highest BCUT2D eigenvalue weighted by Gasteiger charge is 2.32. The average Bonchev–Trinajstić information content (AvgIpc) is 3.18. The third kappa shape index (κ3) is 4.46. The van der Waals surface area contributed by atoms with Crippen LogP contribution in [0.4, 0.5) is 10.5 Å². The van der Waals surface area contributed by atoms with Gasteiger partial charge < -0.3 is 5.32 Å². The number of para-hydroxylation sites is 1. The molecule has 1 fully saturated rings. The number of sulfone groups is 1. The largest absolute Gasteiger partial charge is 0.335 e. The molecule has 1 saturated heterocycles. The molecule has 0 radical (unpaired) electrons. The Hall–Kier alpha value is -2.43. The van der Waals surface area contributed by atoms with Crippen LogP contribution in [0.25, 0.3) is 0 Å². The van der Waals surface area contributed by atoms with E-state index < -0.39 is 19.9 Å². The number of urea groups is 1. The maximum absolute atomic E-state index is 13.0. The van der Waals surface area contributed by atoms with Crippen molar-refractivity contribution >= 4 is 31.6 Å². The number of nitrogens with one attached hydrogen (secondary N) is 1. The fourth-order valence-corrected chi connectivity index (χ4v) is 6.31. The first-order valence-electron chi connectivity index (χ1n) is 10.1. The quantitative estimate of drug-likeness (QED) is 0.747. The van der Waals surface area contributed by atoms with Crippen molar-refractivity contribution in [1.82, 2.24) is 9.62 Å². The van der Waals surface area contributed by atoms with Gasteiger partial charge in [-0.2, -0.15) is 4.31 Å². The lowest BCUT2D eigenvalue weighted by atomic mass is 10.1. The van der Waals surface area contributed by atoms with Crippen LogP contribution >= 0.6 is 0 Å². The molecule has 4 rings (SSSR count). The number of hydrogen-bond donors (Lipinski definition) is 1. The Labute approximate surface area is 182 Å². The zero-order valence-corrected chi connectivity index (χ0v) is 18.8. The summed E-state index contributed by atoms with van der Waals surface area (Å²) in [6.07, 6.45) is 2.86. The van der Waals surface area contributed by atoms with Gasteiger partial charge >= 0.3 is 6.03 Å². The summed E-state index contributed by atoms with van der Waals surface area (Å²) in [6, 6.07) is 13.0. The van der Waals surface area contributed by atoms with E-state index in [0.717, 1.165) is 23.9 Å². The summed E-state index contributed by atoms with van der Waals surface area (Å²) >= 11 is 0. The summed E-state index contributed by atoms with van der Waals surface area (Å²) in [5.41, 5.74) is 2.07.